The molecule has 7 nitrogen and oxygen atoms in total. The van der Waals surface area contributed by atoms with E-state index in [1.54, 1.807) is 11.8 Å². The predicted octanol–water partition coefficient (Wildman–Crippen LogP) is 7.09. The van der Waals surface area contributed by atoms with Crippen molar-refractivity contribution >= 4 is 41.3 Å². The zero-order valence-electron chi connectivity index (χ0n) is 25.0. The molecule has 2 atom stereocenters. The zero-order chi connectivity index (χ0) is 30.0. The molecule has 1 aliphatic carbocycles. The number of nitrogens with one attached hydrogen (secondary N) is 1. The molecule has 2 aromatic carbocycles. The number of benzene rings is 2. The summed E-state index contributed by atoms with van der Waals surface area (Å²) in [7, 11) is 0. The minimum Gasteiger partial charge on any atom is -0.457 e. The van der Waals surface area contributed by atoms with Crippen LogP contribution in [0.2, 0.25) is 0 Å². The first-order valence-corrected chi connectivity index (χ1v) is 17.3. The summed E-state index contributed by atoms with van der Waals surface area (Å²) in [4.78, 5) is 41.1. The summed E-state index contributed by atoms with van der Waals surface area (Å²) in [5.41, 5.74) is 0.387. The molecule has 42 heavy (non-hydrogen) atoms. The third-order valence-corrected chi connectivity index (χ3v) is 9.73. The van der Waals surface area contributed by atoms with Crippen LogP contribution < -0.4 is 10.1 Å². The molecule has 2 aliphatic rings. The summed E-state index contributed by atoms with van der Waals surface area (Å²) >= 11 is 3.28. The van der Waals surface area contributed by atoms with Gasteiger partial charge in [-0.25, -0.2) is 4.79 Å². The van der Waals surface area contributed by atoms with Gasteiger partial charge in [0.2, 0.25) is 5.91 Å². The van der Waals surface area contributed by atoms with Crippen molar-refractivity contribution in [1.82, 2.24) is 10.2 Å². The van der Waals surface area contributed by atoms with Crippen molar-refractivity contribution in [3.8, 4) is 11.5 Å². The zero-order valence-corrected chi connectivity index (χ0v) is 26.6. The van der Waals surface area contributed by atoms with Gasteiger partial charge in [0.05, 0.1) is 11.9 Å². The summed E-state index contributed by atoms with van der Waals surface area (Å²) < 4.78 is 11.4. The number of carbonyl (C=O) groups excluding carboxylic acids is 3. The number of rotatable bonds is 12. The van der Waals surface area contributed by atoms with Crippen LogP contribution in [-0.4, -0.2) is 63.5 Å². The number of carbonyl (C=O) groups is 3. The van der Waals surface area contributed by atoms with Gasteiger partial charge in [0.1, 0.15) is 23.1 Å². The number of ether oxygens (including phenoxy) is 2. The van der Waals surface area contributed by atoms with E-state index < -0.39 is 23.8 Å². The molecule has 1 saturated heterocycles. The predicted molar refractivity (Wildman–Crippen MR) is 171 cm³/mol. The number of amides is 2. The molecule has 0 radical (unpaired) electrons. The summed E-state index contributed by atoms with van der Waals surface area (Å²) in [6.45, 7) is 5.43. The van der Waals surface area contributed by atoms with E-state index in [9.17, 15) is 14.4 Å². The highest BCUT2D eigenvalue weighted by molar-refractivity contribution is 7.99. The van der Waals surface area contributed by atoms with Gasteiger partial charge < -0.3 is 14.8 Å². The van der Waals surface area contributed by atoms with E-state index in [1.165, 1.54) is 48.8 Å². The average Bonchev–Trinajstić information content (AvgIpc) is 3.47. The van der Waals surface area contributed by atoms with Crippen LogP contribution in [0.25, 0.3) is 0 Å². The van der Waals surface area contributed by atoms with Gasteiger partial charge in [-0.05, 0) is 81.5 Å². The Bertz CT molecular complexity index is 1160. The number of nitrogens with zero attached hydrogens (tertiary/aromatic N) is 1. The number of aryl methyl sites for hydroxylation is 1. The van der Waals surface area contributed by atoms with E-state index in [0.29, 0.717) is 36.1 Å². The summed E-state index contributed by atoms with van der Waals surface area (Å²) in [6.07, 6.45) is 6.75. The molecule has 2 fully saturated rings. The maximum absolute atomic E-state index is 13.5. The van der Waals surface area contributed by atoms with E-state index in [2.05, 4.69) is 5.32 Å². The van der Waals surface area contributed by atoms with Crippen LogP contribution in [0.15, 0.2) is 54.6 Å². The maximum atomic E-state index is 13.5. The molecule has 2 aromatic rings. The van der Waals surface area contributed by atoms with E-state index in [-0.39, 0.29) is 11.7 Å². The first kappa shape index (κ1) is 32.3. The number of ketones is 1. The van der Waals surface area contributed by atoms with E-state index in [1.807, 2.05) is 75.4 Å². The van der Waals surface area contributed by atoms with Crippen LogP contribution >= 0.6 is 23.5 Å². The second-order valence-corrected chi connectivity index (χ2v) is 14.2. The molecule has 0 spiro atoms. The number of hydrogen-bond donors (Lipinski definition) is 1. The lowest BCUT2D eigenvalue weighted by atomic mass is 9.91. The molecule has 9 heteroatoms. The van der Waals surface area contributed by atoms with Crippen molar-refractivity contribution in [2.24, 2.45) is 5.92 Å². The molecule has 4 rings (SSSR count). The molecule has 1 heterocycles. The lowest BCUT2D eigenvalue weighted by Crippen LogP contribution is -2.53. The second-order valence-electron chi connectivity index (χ2n) is 12.1. The number of Topliss-reactive ketones (excluding diaryl/α,β-unsaturated/α-hetero) is 1. The van der Waals surface area contributed by atoms with Gasteiger partial charge in [0, 0.05) is 17.9 Å². The molecular formula is C33H44N2O5S2. The molecule has 0 bridgehead atoms. The van der Waals surface area contributed by atoms with Crippen LogP contribution in [0.3, 0.4) is 0 Å². The first-order valence-electron chi connectivity index (χ1n) is 15.0. The molecule has 1 N–H and O–H groups in total. The van der Waals surface area contributed by atoms with Crippen LogP contribution in [0.4, 0.5) is 4.79 Å². The van der Waals surface area contributed by atoms with E-state index in [0.717, 1.165) is 22.8 Å². The fourth-order valence-electron chi connectivity index (χ4n) is 5.14. The SMILES string of the molecule is CC(C)(C)OC(=O)N1CSC[C@H]1C(=O)N[C@@H](CSCC1CCCCC1)C(=O)CCc1ccc(Oc2ccccc2)cc1. The van der Waals surface area contributed by atoms with Gasteiger partial charge in [-0.2, -0.15) is 11.8 Å². The third kappa shape index (κ3) is 10.3. The Morgan fingerprint density at radius 2 is 1.69 bits per heavy atom. The smallest absolute Gasteiger partial charge is 0.411 e. The van der Waals surface area contributed by atoms with Crippen molar-refractivity contribution in [2.75, 3.05) is 23.1 Å². The van der Waals surface area contributed by atoms with Crippen molar-refractivity contribution in [3.63, 3.8) is 0 Å². The van der Waals surface area contributed by atoms with Gasteiger partial charge >= 0.3 is 6.09 Å². The minimum atomic E-state index is -0.652. The van der Waals surface area contributed by atoms with Crippen LogP contribution in [0.1, 0.15) is 64.9 Å². The minimum absolute atomic E-state index is 0.0126. The topological polar surface area (TPSA) is 84.9 Å². The molecule has 1 aliphatic heterocycles. The number of hydrogen-bond acceptors (Lipinski definition) is 7. The standard InChI is InChI=1S/C33H44N2O5S2/c1-33(2,3)40-32(38)35-23-42-22-29(35)31(37)34-28(21-41-20-25-10-6-4-7-11-25)30(36)19-16-24-14-17-27(18-15-24)39-26-12-8-5-9-13-26/h5,8-9,12-15,17-18,25,28-29H,4,6-7,10-11,16,19-23H2,1-3H3,(H,34,37)/t28-,29-/m0/s1. The Labute approximate surface area is 258 Å². The number of thioether (sulfide) groups is 2. The van der Waals surface area contributed by atoms with Crippen molar-refractivity contribution in [2.45, 2.75) is 83.4 Å². The summed E-state index contributed by atoms with van der Waals surface area (Å²) in [5.74, 6) is 4.34. The molecular weight excluding hydrogens is 569 g/mol. The van der Waals surface area contributed by atoms with Gasteiger partial charge in [-0.1, -0.05) is 49.6 Å². The Kier molecular flexibility index (Phi) is 12.1. The van der Waals surface area contributed by atoms with Crippen molar-refractivity contribution in [1.29, 1.82) is 0 Å². The van der Waals surface area contributed by atoms with Crippen LogP contribution in [0, 0.1) is 5.92 Å². The summed E-state index contributed by atoms with van der Waals surface area (Å²) in [5, 5.41) is 3.02. The molecule has 0 aromatic heterocycles. The van der Waals surface area contributed by atoms with E-state index in [4.69, 9.17) is 9.47 Å². The van der Waals surface area contributed by atoms with Gasteiger partial charge in [0.15, 0.2) is 5.78 Å². The third-order valence-electron chi connectivity index (χ3n) is 7.44. The average molecular weight is 613 g/mol. The van der Waals surface area contributed by atoms with Gasteiger partial charge in [-0.3, -0.25) is 14.5 Å². The van der Waals surface area contributed by atoms with Crippen molar-refractivity contribution in [3.05, 3.63) is 60.2 Å². The summed E-state index contributed by atoms with van der Waals surface area (Å²) in [6, 6.07) is 16.1. The van der Waals surface area contributed by atoms with Crippen LogP contribution in [-0.2, 0) is 20.7 Å². The Morgan fingerprint density at radius 1 is 1.00 bits per heavy atom. The maximum Gasteiger partial charge on any atom is 0.411 e. The molecule has 0 unspecified atom stereocenters. The number of para-hydroxylation sites is 1. The van der Waals surface area contributed by atoms with Crippen LogP contribution in [0.5, 0.6) is 11.5 Å². The quantitative estimate of drug-likeness (QED) is 0.274. The Morgan fingerprint density at radius 3 is 2.38 bits per heavy atom. The Hall–Kier alpha value is -2.65. The molecule has 228 valence electrons. The fourth-order valence-corrected chi connectivity index (χ4v) is 7.59. The lowest BCUT2D eigenvalue weighted by Gasteiger charge is -2.28. The fraction of sp³-hybridized carbons (Fsp3) is 0.545. The van der Waals surface area contributed by atoms with Crippen molar-refractivity contribution < 1.29 is 23.9 Å². The largest absolute Gasteiger partial charge is 0.457 e. The molecule has 2 amide bonds. The molecule has 1 saturated carbocycles. The van der Waals surface area contributed by atoms with Gasteiger partial charge in [0.25, 0.3) is 0 Å². The second kappa shape index (κ2) is 15.7. The first-order chi connectivity index (χ1) is 20.2. The monoisotopic (exact) mass is 612 g/mol. The highest BCUT2D eigenvalue weighted by Crippen LogP contribution is 2.28. The van der Waals surface area contributed by atoms with Gasteiger partial charge in [-0.15, -0.1) is 11.8 Å². The normalized spacial score (nSPS) is 18.4. The highest BCUT2D eigenvalue weighted by atomic mass is 32.2. The Balaban J connectivity index is 1.35. The highest BCUT2D eigenvalue weighted by Gasteiger charge is 2.38. The van der Waals surface area contributed by atoms with E-state index >= 15 is 0 Å². The lowest BCUT2D eigenvalue weighted by molar-refractivity contribution is -0.129.